The van der Waals surface area contributed by atoms with E-state index in [0.29, 0.717) is 12.6 Å². The third-order valence-electron chi connectivity index (χ3n) is 7.52. The first-order chi connectivity index (χ1) is 16.3. The fraction of sp³-hybridized carbons (Fsp3) is 0.655. The fourth-order valence-electron chi connectivity index (χ4n) is 6.06. The van der Waals surface area contributed by atoms with Crippen LogP contribution in [-0.4, -0.2) is 69.2 Å². The number of carbonyl (C=O) groups is 2. The summed E-state index contributed by atoms with van der Waals surface area (Å²) >= 11 is 0. The number of nitrogens with zero attached hydrogens (tertiary/aromatic N) is 2. The fourth-order valence-corrected chi connectivity index (χ4v) is 6.06. The number of nitrogens with one attached hydrogen (secondary N) is 1. The van der Waals surface area contributed by atoms with Gasteiger partial charge in [-0.15, -0.1) is 6.58 Å². The van der Waals surface area contributed by atoms with Gasteiger partial charge in [0.1, 0.15) is 12.6 Å². The van der Waals surface area contributed by atoms with Gasteiger partial charge in [-0.05, 0) is 69.5 Å². The highest BCUT2D eigenvalue weighted by molar-refractivity contribution is 5.59. The maximum absolute atomic E-state index is 11.0. The van der Waals surface area contributed by atoms with Crippen molar-refractivity contribution in [3.8, 4) is 0 Å². The number of carbonyl (C=O) groups excluding carboxylic acids is 2. The van der Waals surface area contributed by atoms with E-state index in [1.807, 2.05) is 0 Å². The van der Waals surface area contributed by atoms with Gasteiger partial charge in [0.15, 0.2) is 0 Å². The predicted octanol–water partition coefficient (Wildman–Crippen LogP) is 4.60. The van der Waals surface area contributed by atoms with Gasteiger partial charge >= 0.3 is 0 Å². The lowest BCUT2D eigenvalue weighted by atomic mass is 9.60. The van der Waals surface area contributed by atoms with Crippen molar-refractivity contribution in [3.63, 3.8) is 0 Å². The summed E-state index contributed by atoms with van der Waals surface area (Å²) in [5, 5.41) is 2.65. The second kappa shape index (κ2) is 14.6. The Morgan fingerprint density at radius 1 is 1.06 bits per heavy atom. The molecule has 190 valence electrons. The van der Waals surface area contributed by atoms with E-state index in [1.165, 1.54) is 31.1 Å². The smallest absolute Gasteiger partial charge is 0.133 e. The molecule has 1 aromatic carbocycles. The van der Waals surface area contributed by atoms with Gasteiger partial charge in [0.05, 0.1) is 12.6 Å². The summed E-state index contributed by atoms with van der Waals surface area (Å²) in [6.45, 7) is 13.5. The van der Waals surface area contributed by atoms with Crippen LogP contribution in [0.4, 0.5) is 0 Å². The number of rotatable bonds is 6. The van der Waals surface area contributed by atoms with Gasteiger partial charge in [-0.25, -0.2) is 0 Å². The summed E-state index contributed by atoms with van der Waals surface area (Å²) in [6, 6.07) is 11.0. The molecule has 0 aromatic heterocycles. The molecule has 5 heteroatoms. The molecule has 0 spiro atoms. The van der Waals surface area contributed by atoms with E-state index in [4.69, 9.17) is 0 Å². The third kappa shape index (κ3) is 9.09. The molecule has 1 N–H and O–H groups in total. The van der Waals surface area contributed by atoms with Crippen LogP contribution in [-0.2, 0) is 9.59 Å². The summed E-state index contributed by atoms with van der Waals surface area (Å²) in [7, 11) is 3.91. The number of benzene rings is 1. The van der Waals surface area contributed by atoms with Crippen molar-refractivity contribution in [2.45, 2.75) is 52.0 Å². The molecule has 34 heavy (non-hydrogen) atoms. The van der Waals surface area contributed by atoms with Crippen LogP contribution in [0.3, 0.4) is 0 Å². The summed E-state index contributed by atoms with van der Waals surface area (Å²) in [5.41, 5.74) is 1.37. The zero-order chi connectivity index (χ0) is 25.0. The first kappa shape index (κ1) is 28.4. The molecule has 3 unspecified atom stereocenters. The molecule has 5 nitrogen and oxygen atoms in total. The Bertz CT molecular complexity index is 712. The number of likely N-dealkylation sites (N-methyl/N-ethyl adjacent to an activating group) is 2. The molecule has 0 amide bonds. The van der Waals surface area contributed by atoms with Crippen LogP contribution in [0.25, 0.3) is 0 Å². The summed E-state index contributed by atoms with van der Waals surface area (Å²) < 4.78 is 0. The van der Waals surface area contributed by atoms with Crippen LogP contribution in [0.2, 0.25) is 0 Å². The maximum Gasteiger partial charge on any atom is 0.133 e. The average Bonchev–Trinajstić information content (AvgIpc) is 2.82. The minimum atomic E-state index is 0.0216. The van der Waals surface area contributed by atoms with E-state index in [0.717, 1.165) is 63.1 Å². The molecular formula is C29H47N3O2. The Morgan fingerprint density at radius 2 is 1.65 bits per heavy atom. The van der Waals surface area contributed by atoms with Crippen LogP contribution in [0.1, 0.15) is 57.6 Å². The van der Waals surface area contributed by atoms with Gasteiger partial charge in [-0.1, -0.05) is 50.3 Å². The first-order valence-electron chi connectivity index (χ1n) is 13.0. The topological polar surface area (TPSA) is 52.6 Å². The highest BCUT2D eigenvalue weighted by Gasteiger charge is 2.40. The average molecular weight is 470 g/mol. The zero-order valence-electron chi connectivity index (χ0n) is 21.9. The van der Waals surface area contributed by atoms with Crippen molar-refractivity contribution >= 4 is 12.6 Å². The molecule has 2 saturated carbocycles. The molecule has 2 aliphatic carbocycles. The lowest BCUT2D eigenvalue weighted by Crippen LogP contribution is -2.45. The molecule has 2 bridgehead atoms. The first-order valence-corrected chi connectivity index (χ1v) is 13.0. The van der Waals surface area contributed by atoms with Crippen molar-refractivity contribution in [2.24, 2.45) is 23.2 Å². The Labute approximate surface area is 208 Å². The lowest BCUT2D eigenvalue weighted by Gasteiger charge is -2.44. The maximum atomic E-state index is 11.0. The molecule has 1 heterocycles. The van der Waals surface area contributed by atoms with Crippen LogP contribution in [0.15, 0.2) is 43.0 Å². The summed E-state index contributed by atoms with van der Waals surface area (Å²) in [5.74, 6) is 2.59. The predicted molar refractivity (Wildman–Crippen MR) is 142 cm³/mol. The van der Waals surface area contributed by atoms with Gasteiger partial charge in [-0.3, -0.25) is 4.90 Å². The molecule has 3 aliphatic rings. The normalized spacial score (nSPS) is 29.9. The van der Waals surface area contributed by atoms with Gasteiger partial charge in [0.2, 0.25) is 0 Å². The quantitative estimate of drug-likeness (QED) is 0.487. The number of fused-ring (bicyclic) bond motifs is 2. The van der Waals surface area contributed by atoms with Crippen molar-refractivity contribution < 1.29 is 9.59 Å². The number of hydrogen-bond donors (Lipinski definition) is 1. The second-order valence-electron chi connectivity index (χ2n) is 10.9. The number of piperazine rings is 1. The number of hydrogen-bond acceptors (Lipinski definition) is 5. The SMILES string of the molecule is C=CC(c1ccccc1)N1CCN(C)CC1.CC1CC2CC(C1)CC(C)(C=O)C2.CNCC=O. The molecule has 3 atom stereocenters. The van der Waals surface area contributed by atoms with Crippen molar-refractivity contribution in [3.05, 3.63) is 48.6 Å². The van der Waals surface area contributed by atoms with Crippen molar-refractivity contribution in [1.29, 1.82) is 0 Å². The van der Waals surface area contributed by atoms with Crippen molar-refractivity contribution in [1.82, 2.24) is 15.1 Å². The van der Waals surface area contributed by atoms with Crippen LogP contribution < -0.4 is 5.32 Å². The molecule has 1 aromatic rings. The van der Waals surface area contributed by atoms with E-state index in [2.05, 4.69) is 79.0 Å². The molecule has 1 saturated heterocycles. The van der Waals surface area contributed by atoms with E-state index < -0.39 is 0 Å². The monoisotopic (exact) mass is 469 g/mol. The zero-order valence-corrected chi connectivity index (χ0v) is 21.9. The standard InChI is InChI=1S/C14H20N2.C12H20O.C3H7NO/c1-3-14(13-7-5-4-6-8-13)16-11-9-15(2)10-12-16;1-9-3-10-5-11(4-9)7-12(2,6-10)8-13;1-4-2-3-5/h3-8,14H,1,9-12H2,2H3;8-11H,3-7H2,1-2H3;3-4H,2H2,1H3. The Hall–Kier alpha value is -1.82. The number of aldehydes is 2. The van der Waals surface area contributed by atoms with E-state index in [9.17, 15) is 9.59 Å². The highest BCUT2D eigenvalue weighted by Crippen LogP contribution is 2.49. The van der Waals surface area contributed by atoms with E-state index in [-0.39, 0.29) is 5.41 Å². The van der Waals surface area contributed by atoms with Crippen LogP contribution in [0, 0.1) is 23.2 Å². The molecule has 0 radical (unpaired) electrons. The largest absolute Gasteiger partial charge is 0.313 e. The third-order valence-corrected chi connectivity index (χ3v) is 7.52. The Balaban J connectivity index is 0.000000204. The van der Waals surface area contributed by atoms with E-state index >= 15 is 0 Å². The van der Waals surface area contributed by atoms with Gasteiger partial charge in [0, 0.05) is 31.6 Å². The van der Waals surface area contributed by atoms with Gasteiger partial charge in [0.25, 0.3) is 0 Å². The molecule has 3 fully saturated rings. The Morgan fingerprint density at radius 3 is 2.09 bits per heavy atom. The minimum absolute atomic E-state index is 0.0216. The lowest BCUT2D eigenvalue weighted by molar-refractivity contribution is -0.120. The second-order valence-corrected chi connectivity index (χ2v) is 10.9. The summed E-state index contributed by atoms with van der Waals surface area (Å²) in [4.78, 5) is 25.2. The molecule has 1 aliphatic heterocycles. The Kier molecular flexibility index (Phi) is 12.2. The highest BCUT2D eigenvalue weighted by atomic mass is 16.1. The van der Waals surface area contributed by atoms with Crippen LogP contribution in [0.5, 0.6) is 0 Å². The summed E-state index contributed by atoms with van der Waals surface area (Å²) in [6.07, 6.45) is 10.5. The minimum Gasteiger partial charge on any atom is -0.313 e. The van der Waals surface area contributed by atoms with E-state index in [1.54, 1.807) is 7.05 Å². The van der Waals surface area contributed by atoms with Crippen molar-refractivity contribution in [2.75, 3.05) is 46.8 Å². The molecular weight excluding hydrogens is 422 g/mol. The van der Waals surface area contributed by atoms with Gasteiger partial charge < -0.3 is 19.8 Å². The molecule has 4 rings (SSSR count). The van der Waals surface area contributed by atoms with Gasteiger partial charge in [-0.2, -0.15) is 0 Å². The van der Waals surface area contributed by atoms with Crippen LogP contribution >= 0.6 is 0 Å².